The van der Waals surface area contributed by atoms with Crippen molar-refractivity contribution in [1.29, 1.82) is 0 Å². The summed E-state index contributed by atoms with van der Waals surface area (Å²) in [7, 11) is 0. The highest BCUT2D eigenvalue weighted by Gasteiger charge is 2.37. The summed E-state index contributed by atoms with van der Waals surface area (Å²) in [6.07, 6.45) is -0.542. The number of nitrogens with two attached hydrogens (primary N) is 1. The standard InChI is InChI=1S/C22H25F3N2O/c23-22(24,25)16-8-10-18(11-9-16)28-21-19-6-2-1-4-15(19)7-12-20(21)27-13-3-5-17(26)14-27/h1-2,4,6,8-11,17,20-21H,3,5,7,12-14,26H2/t17-,20?,21?/m0/s1. The van der Waals surface area contributed by atoms with Crippen molar-refractivity contribution >= 4 is 0 Å². The number of benzene rings is 2. The van der Waals surface area contributed by atoms with Crippen molar-refractivity contribution in [2.24, 2.45) is 5.73 Å². The number of ether oxygens (including phenoxy) is 1. The van der Waals surface area contributed by atoms with Gasteiger partial charge in [0.1, 0.15) is 11.9 Å². The average Bonchev–Trinajstić information content (AvgIpc) is 2.68. The fraction of sp³-hybridized carbons (Fsp3) is 0.455. The molecule has 1 aliphatic carbocycles. The van der Waals surface area contributed by atoms with Crippen LogP contribution in [0.4, 0.5) is 13.2 Å². The lowest BCUT2D eigenvalue weighted by Crippen LogP contribution is -2.51. The summed E-state index contributed by atoms with van der Waals surface area (Å²) in [4.78, 5) is 2.40. The van der Waals surface area contributed by atoms with Gasteiger partial charge in [-0.25, -0.2) is 0 Å². The summed E-state index contributed by atoms with van der Waals surface area (Å²) in [5.74, 6) is 0.459. The van der Waals surface area contributed by atoms with Gasteiger partial charge in [0.05, 0.1) is 11.6 Å². The van der Waals surface area contributed by atoms with Gasteiger partial charge in [-0.2, -0.15) is 13.2 Å². The van der Waals surface area contributed by atoms with Crippen LogP contribution in [0, 0.1) is 0 Å². The van der Waals surface area contributed by atoms with E-state index in [0.29, 0.717) is 5.75 Å². The molecule has 1 saturated heterocycles. The maximum atomic E-state index is 12.9. The second-order valence-electron chi connectivity index (χ2n) is 7.76. The number of piperidine rings is 1. The van der Waals surface area contributed by atoms with Crippen LogP contribution in [-0.4, -0.2) is 30.1 Å². The van der Waals surface area contributed by atoms with Gasteiger partial charge in [0.2, 0.25) is 0 Å². The molecular formula is C22H25F3N2O. The summed E-state index contributed by atoms with van der Waals surface area (Å²) < 4.78 is 44.9. The predicted molar refractivity (Wildman–Crippen MR) is 102 cm³/mol. The summed E-state index contributed by atoms with van der Waals surface area (Å²) in [5, 5.41) is 0. The van der Waals surface area contributed by atoms with E-state index in [1.54, 1.807) is 0 Å². The van der Waals surface area contributed by atoms with Crippen molar-refractivity contribution in [3.63, 3.8) is 0 Å². The number of nitrogens with zero attached hydrogens (tertiary/aromatic N) is 1. The smallest absolute Gasteiger partial charge is 0.416 e. The molecule has 2 N–H and O–H groups in total. The zero-order valence-corrected chi connectivity index (χ0v) is 15.7. The number of aryl methyl sites for hydroxylation is 1. The van der Waals surface area contributed by atoms with Crippen molar-refractivity contribution in [2.75, 3.05) is 13.1 Å². The van der Waals surface area contributed by atoms with Gasteiger partial charge in [-0.05, 0) is 67.6 Å². The highest BCUT2D eigenvalue weighted by atomic mass is 19.4. The minimum Gasteiger partial charge on any atom is -0.484 e. The molecule has 0 amide bonds. The van der Waals surface area contributed by atoms with Crippen LogP contribution in [0.25, 0.3) is 0 Å². The van der Waals surface area contributed by atoms with Crippen molar-refractivity contribution in [3.05, 3.63) is 65.2 Å². The van der Waals surface area contributed by atoms with E-state index in [2.05, 4.69) is 17.0 Å². The average molecular weight is 390 g/mol. The fourth-order valence-electron chi connectivity index (χ4n) is 4.43. The Morgan fingerprint density at radius 3 is 2.46 bits per heavy atom. The van der Waals surface area contributed by atoms with E-state index in [1.807, 2.05) is 12.1 Å². The van der Waals surface area contributed by atoms with Gasteiger partial charge < -0.3 is 10.5 Å². The van der Waals surface area contributed by atoms with Gasteiger partial charge >= 0.3 is 6.18 Å². The van der Waals surface area contributed by atoms with Gasteiger partial charge in [0.15, 0.2) is 0 Å². The molecule has 0 spiro atoms. The molecule has 2 aliphatic rings. The van der Waals surface area contributed by atoms with E-state index < -0.39 is 11.7 Å². The molecule has 4 rings (SSSR count). The van der Waals surface area contributed by atoms with Crippen LogP contribution in [0.2, 0.25) is 0 Å². The first kappa shape index (κ1) is 19.3. The minimum atomic E-state index is -4.34. The SMILES string of the molecule is N[C@H]1CCCN(C2CCc3ccccc3C2Oc2ccc(C(F)(F)F)cc2)C1. The summed E-state index contributed by atoms with van der Waals surface area (Å²) in [5.41, 5.74) is 7.90. The first-order chi connectivity index (χ1) is 13.4. The molecule has 28 heavy (non-hydrogen) atoms. The molecule has 2 aromatic carbocycles. The lowest BCUT2D eigenvalue weighted by Gasteiger charge is -2.43. The number of alkyl halides is 3. The maximum Gasteiger partial charge on any atom is 0.416 e. The highest BCUT2D eigenvalue weighted by molar-refractivity contribution is 5.35. The van der Waals surface area contributed by atoms with E-state index in [9.17, 15) is 13.2 Å². The Morgan fingerprint density at radius 1 is 1.00 bits per heavy atom. The summed E-state index contributed by atoms with van der Waals surface area (Å²) in [6.45, 7) is 1.81. The lowest BCUT2D eigenvalue weighted by molar-refractivity contribution is -0.137. The van der Waals surface area contributed by atoms with Gasteiger partial charge in [0, 0.05) is 12.6 Å². The Morgan fingerprint density at radius 2 is 1.75 bits per heavy atom. The second-order valence-corrected chi connectivity index (χ2v) is 7.76. The summed E-state index contributed by atoms with van der Waals surface area (Å²) >= 11 is 0. The van der Waals surface area contributed by atoms with E-state index in [4.69, 9.17) is 10.5 Å². The fourth-order valence-corrected chi connectivity index (χ4v) is 4.43. The number of likely N-dealkylation sites (tertiary alicyclic amines) is 1. The molecule has 1 aliphatic heterocycles. The van der Waals surface area contributed by atoms with Crippen molar-refractivity contribution < 1.29 is 17.9 Å². The Kier molecular flexibility index (Phi) is 5.34. The lowest BCUT2D eigenvalue weighted by atomic mass is 9.84. The first-order valence-corrected chi connectivity index (χ1v) is 9.83. The Hall–Kier alpha value is -2.05. The van der Waals surface area contributed by atoms with E-state index in [-0.39, 0.29) is 18.2 Å². The second kappa shape index (κ2) is 7.76. The number of rotatable bonds is 3. The topological polar surface area (TPSA) is 38.5 Å². The molecule has 2 unspecified atom stereocenters. The van der Waals surface area contributed by atoms with Gasteiger partial charge in [-0.3, -0.25) is 4.90 Å². The zero-order valence-electron chi connectivity index (χ0n) is 15.7. The Labute approximate surface area is 163 Å². The molecular weight excluding hydrogens is 365 g/mol. The molecule has 2 aromatic rings. The summed E-state index contributed by atoms with van der Waals surface area (Å²) in [6, 6.07) is 13.5. The van der Waals surface area contributed by atoms with E-state index in [1.165, 1.54) is 17.7 Å². The van der Waals surface area contributed by atoms with Crippen LogP contribution in [0.5, 0.6) is 5.75 Å². The molecule has 3 nitrogen and oxygen atoms in total. The van der Waals surface area contributed by atoms with E-state index >= 15 is 0 Å². The molecule has 0 aromatic heterocycles. The third-order valence-electron chi connectivity index (χ3n) is 5.82. The molecule has 0 bridgehead atoms. The largest absolute Gasteiger partial charge is 0.484 e. The highest BCUT2D eigenvalue weighted by Crippen LogP contribution is 2.38. The van der Waals surface area contributed by atoms with Crippen molar-refractivity contribution in [1.82, 2.24) is 4.90 Å². The van der Waals surface area contributed by atoms with Crippen molar-refractivity contribution in [2.45, 2.75) is 50.0 Å². The molecule has 1 fully saturated rings. The van der Waals surface area contributed by atoms with Crippen molar-refractivity contribution in [3.8, 4) is 5.75 Å². The molecule has 0 radical (unpaired) electrons. The monoisotopic (exact) mass is 390 g/mol. The number of hydrogen-bond donors (Lipinski definition) is 1. The Bertz CT molecular complexity index is 806. The quantitative estimate of drug-likeness (QED) is 0.835. The van der Waals surface area contributed by atoms with Crippen LogP contribution < -0.4 is 10.5 Å². The minimum absolute atomic E-state index is 0.164. The zero-order chi connectivity index (χ0) is 19.7. The van der Waals surface area contributed by atoms with Crippen LogP contribution in [0.1, 0.15) is 42.1 Å². The van der Waals surface area contributed by atoms with Crippen LogP contribution in [0.15, 0.2) is 48.5 Å². The molecule has 3 atom stereocenters. The third-order valence-corrected chi connectivity index (χ3v) is 5.82. The Balaban J connectivity index is 1.61. The normalized spacial score (nSPS) is 25.9. The third kappa shape index (κ3) is 4.03. The molecule has 150 valence electrons. The van der Waals surface area contributed by atoms with Crippen LogP contribution in [-0.2, 0) is 12.6 Å². The van der Waals surface area contributed by atoms with Gasteiger partial charge in [0.25, 0.3) is 0 Å². The number of hydrogen-bond acceptors (Lipinski definition) is 3. The van der Waals surface area contributed by atoms with Gasteiger partial charge in [-0.1, -0.05) is 24.3 Å². The van der Waals surface area contributed by atoms with Crippen LogP contribution >= 0.6 is 0 Å². The maximum absolute atomic E-state index is 12.9. The van der Waals surface area contributed by atoms with Gasteiger partial charge in [-0.15, -0.1) is 0 Å². The molecule has 6 heteroatoms. The van der Waals surface area contributed by atoms with Crippen LogP contribution in [0.3, 0.4) is 0 Å². The number of halogens is 3. The number of fused-ring (bicyclic) bond motifs is 1. The van der Waals surface area contributed by atoms with E-state index in [0.717, 1.165) is 56.5 Å². The first-order valence-electron chi connectivity index (χ1n) is 9.83. The molecule has 1 heterocycles. The molecule has 0 saturated carbocycles. The predicted octanol–water partition coefficient (Wildman–Crippen LogP) is 4.56.